The number of nitrogens with one attached hydrogen (secondary N) is 5. The fourth-order valence-electron chi connectivity index (χ4n) is 11.0. The lowest BCUT2D eigenvalue weighted by Crippen LogP contribution is -2.40. The van der Waals surface area contributed by atoms with Crippen LogP contribution in [0, 0.1) is 0 Å². The number of hydrogen-bond donors (Lipinski definition) is 5. The molecule has 0 aliphatic carbocycles. The van der Waals surface area contributed by atoms with Crippen LogP contribution in [0.2, 0.25) is 0 Å². The van der Waals surface area contributed by atoms with Crippen molar-refractivity contribution >= 4 is 132 Å². The molecule has 0 fully saturated rings. The minimum absolute atomic E-state index is 0.0220. The molecule has 9 aromatic rings. The minimum Gasteiger partial charge on any atom is -0.494 e. The zero-order valence-electron chi connectivity index (χ0n) is 49.3. The number of para-hydroxylation sites is 2. The SMILES string of the molecule is COc1cc2c(cc1Nc1ncc(Br)c(Nc3ccccc3N(C(C)C)S(=O)(=O)CCOc3cc4c(cc3Nc3ncc(Br)c(Nc5ccc6nccnc6c5NS(C)(=O)=O)n3)-c3cnn(C)c3CCN4CC(F)(F)F)n1)-c1cnn(C)c1CCN2C(C)C. The van der Waals surface area contributed by atoms with E-state index >= 15 is 0 Å². The number of fused-ring (bicyclic) bond motifs is 7. The number of sulfonamides is 2. The van der Waals surface area contributed by atoms with Crippen LogP contribution in [-0.2, 0) is 47.0 Å². The van der Waals surface area contributed by atoms with Gasteiger partial charge in [0.2, 0.25) is 31.9 Å². The van der Waals surface area contributed by atoms with Gasteiger partial charge < -0.3 is 40.5 Å². The molecule has 4 aromatic carbocycles. The molecule has 5 aromatic heterocycles. The smallest absolute Gasteiger partial charge is 0.405 e. The highest BCUT2D eigenvalue weighted by Crippen LogP contribution is 2.47. The summed E-state index contributed by atoms with van der Waals surface area (Å²) >= 11 is 7.09. The number of aromatic nitrogens is 10. The van der Waals surface area contributed by atoms with Gasteiger partial charge in [0, 0.05) is 134 Å². The fraction of sp³-hybridized carbons (Fsp3) is 0.310. The molecular formula is C58H61Br2F3N18O6S2. The van der Waals surface area contributed by atoms with E-state index in [2.05, 4.69) is 107 Å². The first kappa shape index (κ1) is 62.1. The number of anilines is 12. The third-order valence-corrected chi connectivity index (χ3v) is 18.5. The summed E-state index contributed by atoms with van der Waals surface area (Å²) in [5, 5.41) is 22.0. The van der Waals surface area contributed by atoms with E-state index in [9.17, 15) is 30.0 Å². The summed E-state index contributed by atoms with van der Waals surface area (Å²) in [6.07, 6.45) is 6.78. The number of halogens is 5. The maximum atomic E-state index is 14.9. The molecule has 0 amide bonds. The molecule has 0 unspecified atom stereocenters. The van der Waals surface area contributed by atoms with E-state index in [1.54, 1.807) is 87.5 Å². The molecule has 89 heavy (non-hydrogen) atoms. The summed E-state index contributed by atoms with van der Waals surface area (Å²) in [5.41, 5.74) is 8.36. The van der Waals surface area contributed by atoms with Crippen molar-refractivity contribution in [2.24, 2.45) is 14.1 Å². The lowest BCUT2D eigenvalue weighted by molar-refractivity contribution is -0.119. The first-order valence-corrected chi connectivity index (χ1v) is 33.0. The van der Waals surface area contributed by atoms with Gasteiger partial charge in [-0.05, 0) is 96.0 Å². The summed E-state index contributed by atoms with van der Waals surface area (Å²) < 4.78 is 119. The van der Waals surface area contributed by atoms with Crippen molar-refractivity contribution in [3.63, 3.8) is 0 Å². The summed E-state index contributed by atoms with van der Waals surface area (Å²) in [7, 11) is -2.87. The Bertz CT molecular complexity index is 4420. The van der Waals surface area contributed by atoms with Crippen molar-refractivity contribution in [2.45, 2.75) is 58.8 Å². The van der Waals surface area contributed by atoms with Gasteiger partial charge in [-0.1, -0.05) is 12.1 Å². The Morgan fingerprint density at radius 2 is 1.27 bits per heavy atom. The van der Waals surface area contributed by atoms with Crippen LogP contribution in [0.5, 0.6) is 11.5 Å². The van der Waals surface area contributed by atoms with Crippen LogP contribution < -0.4 is 49.6 Å². The van der Waals surface area contributed by atoms with Crippen molar-refractivity contribution in [1.82, 2.24) is 49.5 Å². The average molecular weight is 1390 g/mol. The van der Waals surface area contributed by atoms with Gasteiger partial charge in [0.05, 0.1) is 74.3 Å². The maximum absolute atomic E-state index is 14.9. The number of aryl methyl sites for hydroxylation is 2. The van der Waals surface area contributed by atoms with Crippen LogP contribution in [0.4, 0.5) is 82.2 Å². The summed E-state index contributed by atoms with van der Waals surface area (Å²) in [5.74, 6) is 0.591. The molecule has 2 aliphatic heterocycles. The Morgan fingerprint density at radius 3 is 1.88 bits per heavy atom. The lowest BCUT2D eigenvalue weighted by Gasteiger charge is -2.30. The second kappa shape index (κ2) is 24.8. The Labute approximate surface area is 528 Å². The van der Waals surface area contributed by atoms with Gasteiger partial charge in [0.15, 0.2) is 0 Å². The number of alkyl halides is 3. The largest absolute Gasteiger partial charge is 0.494 e. The fourth-order valence-corrected chi connectivity index (χ4v) is 13.7. The van der Waals surface area contributed by atoms with E-state index in [4.69, 9.17) is 19.4 Å². The normalized spacial score (nSPS) is 13.3. The van der Waals surface area contributed by atoms with Crippen LogP contribution >= 0.6 is 31.9 Å². The molecule has 466 valence electrons. The van der Waals surface area contributed by atoms with Gasteiger partial charge in [-0.3, -0.25) is 28.4 Å². The van der Waals surface area contributed by atoms with E-state index in [1.165, 1.54) is 33.9 Å². The average Bonchev–Trinajstić information content (AvgIpc) is 1.75. The molecule has 11 rings (SSSR count). The Hall–Kier alpha value is -8.55. The molecule has 31 heteroatoms. The zero-order valence-corrected chi connectivity index (χ0v) is 54.1. The number of rotatable bonds is 20. The molecular weight excluding hydrogens is 1330 g/mol. The minimum atomic E-state index is -4.60. The van der Waals surface area contributed by atoms with Crippen LogP contribution in [0.15, 0.2) is 107 Å². The van der Waals surface area contributed by atoms with Gasteiger partial charge in [-0.15, -0.1) is 0 Å². The second-order valence-corrected chi connectivity index (χ2v) is 27.1. The topological polar surface area (TPSA) is 270 Å². The van der Waals surface area contributed by atoms with Gasteiger partial charge in [0.1, 0.15) is 47.6 Å². The first-order valence-electron chi connectivity index (χ1n) is 27.9. The predicted molar refractivity (Wildman–Crippen MR) is 346 cm³/mol. The number of ether oxygens (including phenoxy) is 2. The Kier molecular flexibility index (Phi) is 17.3. The summed E-state index contributed by atoms with van der Waals surface area (Å²) in [6.45, 7) is 6.76. The molecule has 0 atom stereocenters. The predicted octanol–water partition coefficient (Wildman–Crippen LogP) is 11.2. The molecule has 0 saturated carbocycles. The van der Waals surface area contributed by atoms with E-state index in [0.717, 1.165) is 41.7 Å². The highest BCUT2D eigenvalue weighted by Gasteiger charge is 2.36. The van der Waals surface area contributed by atoms with Crippen molar-refractivity contribution in [3.8, 4) is 33.8 Å². The van der Waals surface area contributed by atoms with Gasteiger partial charge in [0.25, 0.3) is 0 Å². The standard InChI is InChI=1S/C58H61Br2F3N18O6S2/c1-32(2)80-20-16-46-37(28-69-78(46)6)35-24-43(50(86-7)26-49(35)80)72-56-66-29-38(59)54(74-56)70-40-11-9-10-12-47(40)81(33(3)4)89(84,85)22-21-87-51-25-48-34(36-27-68-77(5)45(36)15-19-79(48)31-58(61,62)63)23-44(51)73-57-67-30-39(60)55(75-57)71-42-14-13-41-52(65-18-17-64-41)53(42)76-88(8,82)83/h9-14,17-18,23-30,32-33,76H,15-16,19-22,31H2,1-8H3,(H2,66,70,72,74)(H2,67,71,73,75). The molecule has 5 N–H and O–H groups in total. The number of hydrogen-bond acceptors (Lipinski definition) is 20. The van der Waals surface area contributed by atoms with Gasteiger partial charge in [-0.25, -0.2) is 26.8 Å². The van der Waals surface area contributed by atoms with Crippen LogP contribution in [0.25, 0.3) is 33.3 Å². The molecule has 0 radical (unpaired) electrons. The van der Waals surface area contributed by atoms with Crippen LogP contribution in [0.3, 0.4) is 0 Å². The first-order chi connectivity index (χ1) is 42.3. The van der Waals surface area contributed by atoms with Gasteiger partial charge >= 0.3 is 6.18 Å². The van der Waals surface area contributed by atoms with Crippen molar-refractivity contribution < 1.29 is 39.5 Å². The molecule has 7 heterocycles. The molecule has 0 spiro atoms. The monoisotopic (exact) mass is 1380 g/mol. The van der Waals surface area contributed by atoms with E-state index in [0.29, 0.717) is 54.2 Å². The van der Waals surface area contributed by atoms with Gasteiger partial charge in [-0.2, -0.15) is 33.3 Å². The lowest BCUT2D eigenvalue weighted by atomic mass is 10.0. The third-order valence-electron chi connectivity index (χ3n) is 14.9. The molecule has 24 nitrogen and oxygen atoms in total. The number of nitrogens with zero attached hydrogens (tertiary/aromatic N) is 13. The number of benzene rings is 4. The molecule has 0 bridgehead atoms. The maximum Gasteiger partial charge on any atom is 0.405 e. The van der Waals surface area contributed by atoms with E-state index < -0.39 is 51.2 Å². The van der Waals surface area contributed by atoms with Crippen LogP contribution in [-0.4, -0.2) is 130 Å². The number of methoxy groups -OCH3 is 1. The molecule has 0 saturated heterocycles. The summed E-state index contributed by atoms with van der Waals surface area (Å²) in [6, 6.07) is 16.7. The summed E-state index contributed by atoms with van der Waals surface area (Å²) in [4.78, 5) is 30.8. The van der Waals surface area contributed by atoms with E-state index in [-0.39, 0.29) is 76.4 Å². The third kappa shape index (κ3) is 13.3. The quantitative estimate of drug-likeness (QED) is 0.0474. The van der Waals surface area contributed by atoms with Crippen molar-refractivity contribution in [3.05, 3.63) is 118 Å². The van der Waals surface area contributed by atoms with Crippen LogP contribution in [0.1, 0.15) is 39.1 Å². The second-order valence-electron chi connectivity index (χ2n) is 21.7. The van der Waals surface area contributed by atoms with Crippen molar-refractivity contribution in [1.29, 1.82) is 0 Å². The molecule has 2 aliphatic rings. The van der Waals surface area contributed by atoms with E-state index in [1.807, 2.05) is 30.1 Å². The highest BCUT2D eigenvalue weighted by atomic mass is 79.9. The Balaban J connectivity index is 0.893. The Morgan fingerprint density at radius 1 is 0.685 bits per heavy atom. The zero-order chi connectivity index (χ0) is 63.3. The van der Waals surface area contributed by atoms with Crippen molar-refractivity contribution in [2.75, 3.05) is 85.5 Å². The highest BCUT2D eigenvalue weighted by molar-refractivity contribution is 9.11.